The van der Waals surface area contributed by atoms with E-state index >= 15 is 0 Å². The molecule has 1 unspecified atom stereocenters. The van der Waals surface area contributed by atoms with Gasteiger partial charge in [0.25, 0.3) is 0 Å². The number of nitrogens with zero attached hydrogens (tertiary/aromatic N) is 3. The maximum atomic E-state index is 9.50. The van der Waals surface area contributed by atoms with Gasteiger partial charge in [-0.15, -0.1) is 0 Å². The van der Waals surface area contributed by atoms with E-state index in [4.69, 9.17) is 11.6 Å². The quantitative estimate of drug-likeness (QED) is 0.935. The summed E-state index contributed by atoms with van der Waals surface area (Å²) in [5, 5.41) is 14.3. The molecule has 19 heavy (non-hydrogen) atoms. The van der Waals surface area contributed by atoms with Gasteiger partial charge in [0, 0.05) is 10.4 Å². The van der Waals surface area contributed by atoms with Crippen molar-refractivity contribution in [3.63, 3.8) is 0 Å². The van der Waals surface area contributed by atoms with Crippen LogP contribution >= 0.6 is 11.6 Å². The molecule has 5 heteroatoms. The Bertz CT molecular complexity index is 580. The first-order valence-electron chi connectivity index (χ1n) is 6.41. The monoisotopic (exact) mass is 277 g/mol. The zero-order chi connectivity index (χ0) is 13.5. The number of hydrogen-bond acceptors (Lipinski definition) is 3. The van der Waals surface area contributed by atoms with E-state index in [1.807, 2.05) is 10.7 Å². The number of benzene rings is 1. The van der Waals surface area contributed by atoms with Gasteiger partial charge in [0.1, 0.15) is 18.4 Å². The molecule has 1 aliphatic carbocycles. The van der Waals surface area contributed by atoms with E-state index in [0.29, 0.717) is 10.9 Å². The third kappa shape index (κ3) is 2.32. The molecule has 0 bridgehead atoms. The summed E-state index contributed by atoms with van der Waals surface area (Å²) >= 11 is 6.32. The predicted octanol–water partition coefficient (Wildman–Crippen LogP) is 3.01. The Morgan fingerprint density at radius 1 is 1.47 bits per heavy atom. The van der Waals surface area contributed by atoms with Crippen molar-refractivity contribution in [2.75, 3.05) is 0 Å². The Morgan fingerprint density at radius 3 is 2.84 bits per heavy atom. The van der Waals surface area contributed by atoms with Crippen molar-refractivity contribution in [3.8, 4) is 5.75 Å². The van der Waals surface area contributed by atoms with E-state index < -0.39 is 0 Å². The molecule has 3 rings (SSSR count). The molecule has 100 valence electrons. The third-order valence-electron chi connectivity index (χ3n) is 4.00. The van der Waals surface area contributed by atoms with E-state index in [9.17, 15) is 5.11 Å². The van der Waals surface area contributed by atoms with E-state index in [1.54, 1.807) is 24.8 Å². The number of aromatic nitrogens is 3. The van der Waals surface area contributed by atoms with Crippen molar-refractivity contribution < 1.29 is 5.11 Å². The topological polar surface area (TPSA) is 50.9 Å². The normalized spacial score (nSPS) is 18.2. The summed E-state index contributed by atoms with van der Waals surface area (Å²) in [4.78, 5) is 4.00. The number of rotatable bonds is 4. The maximum Gasteiger partial charge on any atom is 0.137 e. The largest absolute Gasteiger partial charge is 0.508 e. The molecule has 0 amide bonds. The van der Waals surface area contributed by atoms with Crippen molar-refractivity contribution in [2.24, 2.45) is 5.92 Å². The number of halogens is 1. The van der Waals surface area contributed by atoms with E-state index in [-0.39, 0.29) is 11.2 Å². The van der Waals surface area contributed by atoms with Crippen molar-refractivity contribution in [1.29, 1.82) is 0 Å². The van der Waals surface area contributed by atoms with Crippen molar-refractivity contribution in [3.05, 3.63) is 41.4 Å². The number of phenols is 1. The average molecular weight is 278 g/mol. The molecule has 0 aliphatic heterocycles. The van der Waals surface area contributed by atoms with E-state index in [2.05, 4.69) is 17.0 Å². The van der Waals surface area contributed by atoms with Gasteiger partial charge in [0.05, 0.1) is 6.54 Å². The summed E-state index contributed by atoms with van der Waals surface area (Å²) in [6.07, 6.45) is 5.70. The Kier molecular flexibility index (Phi) is 2.97. The number of aromatic hydroxyl groups is 1. The number of hydrogen-bond donors (Lipinski definition) is 1. The molecule has 2 aromatic rings. The summed E-state index contributed by atoms with van der Waals surface area (Å²) in [6, 6.07) is 5.23. The standard InChI is InChI=1S/C14H16ClN3O/c1-14(10-2-3-10,7-18-9-16-8-17-18)12-5-4-11(19)6-13(12)15/h4-6,8-10,19H,2-3,7H2,1H3. The fourth-order valence-electron chi connectivity index (χ4n) is 2.77. The summed E-state index contributed by atoms with van der Waals surface area (Å²) in [7, 11) is 0. The molecule has 4 nitrogen and oxygen atoms in total. The summed E-state index contributed by atoms with van der Waals surface area (Å²) in [5.74, 6) is 0.811. The van der Waals surface area contributed by atoms with Crippen LogP contribution in [0.2, 0.25) is 5.02 Å². The smallest absolute Gasteiger partial charge is 0.137 e. The Hall–Kier alpha value is -1.55. The Morgan fingerprint density at radius 2 is 2.26 bits per heavy atom. The van der Waals surface area contributed by atoms with E-state index in [0.717, 1.165) is 12.1 Å². The van der Waals surface area contributed by atoms with Crippen molar-refractivity contribution in [1.82, 2.24) is 14.8 Å². The molecule has 1 heterocycles. The molecule has 0 saturated heterocycles. The van der Waals surface area contributed by atoms with Gasteiger partial charge in [-0.3, -0.25) is 4.68 Å². The maximum absolute atomic E-state index is 9.50. The second-order valence-electron chi connectivity index (χ2n) is 5.45. The molecule has 1 saturated carbocycles. The van der Waals surface area contributed by atoms with Crippen molar-refractivity contribution >= 4 is 11.6 Å². The Labute approximate surface area is 117 Å². The molecular formula is C14H16ClN3O. The Balaban J connectivity index is 1.99. The van der Waals surface area contributed by atoms with Crippen molar-refractivity contribution in [2.45, 2.75) is 31.7 Å². The SMILES string of the molecule is CC(Cn1cncn1)(c1ccc(O)cc1Cl)C1CC1. The van der Waals surface area contributed by atoms with Gasteiger partial charge in [0.15, 0.2) is 0 Å². The minimum atomic E-state index is -0.0709. The highest BCUT2D eigenvalue weighted by Crippen LogP contribution is 2.50. The summed E-state index contributed by atoms with van der Waals surface area (Å²) in [6.45, 7) is 2.97. The highest BCUT2D eigenvalue weighted by molar-refractivity contribution is 6.31. The zero-order valence-electron chi connectivity index (χ0n) is 10.8. The lowest BCUT2D eigenvalue weighted by molar-refractivity contribution is 0.330. The second-order valence-corrected chi connectivity index (χ2v) is 5.86. The first-order valence-corrected chi connectivity index (χ1v) is 6.79. The summed E-state index contributed by atoms with van der Waals surface area (Å²) < 4.78 is 1.85. The lowest BCUT2D eigenvalue weighted by Gasteiger charge is -2.31. The lowest BCUT2D eigenvalue weighted by atomic mass is 9.77. The van der Waals surface area contributed by atoms with Gasteiger partial charge in [0.2, 0.25) is 0 Å². The molecule has 0 radical (unpaired) electrons. The molecule has 1 fully saturated rings. The fraction of sp³-hybridized carbons (Fsp3) is 0.429. The first-order chi connectivity index (χ1) is 9.09. The molecule has 1 N–H and O–H groups in total. The average Bonchev–Trinajstić information content (AvgIpc) is 3.10. The van der Waals surface area contributed by atoms with Crippen LogP contribution in [0.1, 0.15) is 25.3 Å². The van der Waals surface area contributed by atoms with Gasteiger partial charge < -0.3 is 5.11 Å². The van der Waals surface area contributed by atoms with Crippen LogP contribution in [0.15, 0.2) is 30.9 Å². The highest BCUT2D eigenvalue weighted by atomic mass is 35.5. The van der Waals surface area contributed by atoms with Crippen LogP contribution in [0, 0.1) is 5.92 Å². The minimum Gasteiger partial charge on any atom is -0.508 e. The zero-order valence-corrected chi connectivity index (χ0v) is 11.5. The number of phenolic OH excluding ortho intramolecular Hbond substituents is 1. The minimum absolute atomic E-state index is 0.0709. The fourth-order valence-corrected chi connectivity index (χ4v) is 3.16. The van der Waals surface area contributed by atoms with Crippen LogP contribution in [0.25, 0.3) is 0 Å². The third-order valence-corrected chi connectivity index (χ3v) is 4.32. The highest BCUT2D eigenvalue weighted by Gasteiger charge is 2.44. The summed E-state index contributed by atoms with van der Waals surface area (Å²) in [5.41, 5.74) is 1.00. The van der Waals surface area contributed by atoms with Crippen LogP contribution < -0.4 is 0 Å². The van der Waals surface area contributed by atoms with Gasteiger partial charge in [-0.1, -0.05) is 24.6 Å². The molecule has 1 aromatic heterocycles. The van der Waals surface area contributed by atoms with Crippen LogP contribution in [-0.4, -0.2) is 19.9 Å². The van der Waals surface area contributed by atoms with Gasteiger partial charge in [-0.25, -0.2) is 4.98 Å². The van der Waals surface area contributed by atoms with E-state index in [1.165, 1.54) is 12.8 Å². The van der Waals surface area contributed by atoms with Crippen LogP contribution in [0.3, 0.4) is 0 Å². The van der Waals surface area contributed by atoms with Gasteiger partial charge in [-0.2, -0.15) is 5.10 Å². The van der Waals surface area contributed by atoms with Gasteiger partial charge in [-0.05, 0) is 36.5 Å². The molecule has 1 aliphatic rings. The second kappa shape index (κ2) is 4.53. The molecular weight excluding hydrogens is 262 g/mol. The lowest BCUT2D eigenvalue weighted by Crippen LogP contribution is -2.31. The molecule has 1 atom stereocenters. The van der Waals surface area contributed by atoms with Crippen LogP contribution in [-0.2, 0) is 12.0 Å². The molecule has 0 spiro atoms. The first kappa shape index (κ1) is 12.5. The van der Waals surface area contributed by atoms with Gasteiger partial charge >= 0.3 is 0 Å². The van der Waals surface area contributed by atoms with Crippen LogP contribution in [0.5, 0.6) is 5.75 Å². The van der Waals surface area contributed by atoms with Crippen LogP contribution in [0.4, 0.5) is 0 Å². The molecule has 1 aromatic carbocycles. The predicted molar refractivity (Wildman–Crippen MR) is 73.2 cm³/mol.